The van der Waals surface area contributed by atoms with Gasteiger partial charge in [0.05, 0.1) is 17.5 Å². The molecule has 1 saturated heterocycles. The van der Waals surface area contributed by atoms with Gasteiger partial charge in [0.1, 0.15) is 11.6 Å². The normalized spacial score (nSPS) is 21.0. The van der Waals surface area contributed by atoms with E-state index in [-0.39, 0.29) is 0 Å². The number of aryl methyl sites for hydroxylation is 1. The van der Waals surface area contributed by atoms with Gasteiger partial charge >= 0.3 is 0 Å². The Hall–Kier alpha value is -2.01. The number of aromatic nitrogens is 3. The molecule has 2 unspecified atom stereocenters. The van der Waals surface area contributed by atoms with Crippen molar-refractivity contribution in [2.75, 3.05) is 18.5 Å². The number of pyridine rings is 1. The molecule has 24 heavy (non-hydrogen) atoms. The molecule has 0 radical (unpaired) electrons. The highest BCUT2D eigenvalue weighted by molar-refractivity contribution is 5.58. The molecule has 1 aliphatic rings. The highest BCUT2D eigenvalue weighted by Crippen LogP contribution is 2.27. The molecule has 1 N–H and O–H groups in total. The topological polar surface area (TPSA) is 59.9 Å². The fraction of sp³-hybridized carbons (Fsp3) is 0.526. The molecule has 1 fully saturated rings. The quantitative estimate of drug-likeness (QED) is 0.907. The fourth-order valence-electron chi connectivity index (χ4n) is 3.36. The molecular weight excluding hydrogens is 300 g/mol. The van der Waals surface area contributed by atoms with Crippen LogP contribution in [0.2, 0.25) is 0 Å². The van der Waals surface area contributed by atoms with Crippen molar-refractivity contribution in [1.29, 1.82) is 0 Å². The average molecular weight is 326 g/mol. The summed E-state index contributed by atoms with van der Waals surface area (Å²) in [4.78, 5) is 13.4. The Balaban J connectivity index is 1.72. The summed E-state index contributed by atoms with van der Waals surface area (Å²) in [6.45, 7) is 8.14. The van der Waals surface area contributed by atoms with Crippen molar-refractivity contribution in [3.63, 3.8) is 0 Å². The van der Waals surface area contributed by atoms with Crippen molar-refractivity contribution in [3.8, 4) is 11.4 Å². The zero-order valence-corrected chi connectivity index (χ0v) is 14.7. The van der Waals surface area contributed by atoms with Crippen LogP contribution in [0.1, 0.15) is 32.5 Å². The Labute approximate surface area is 143 Å². The largest absolute Gasteiger partial charge is 0.378 e. The van der Waals surface area contributed by atoms with Crippen molar-refractivity contribution in [2.45, 2.75) is 39.7 Å². The van der Waals surface area contributed by atoms with Gasteiger partial charge in [-0.2, -0.15) is 0 Å². The van der Waals surface area contributed by atoms with Crippen LogP contribution < -0.4 is 5.32 Å². The van der Waals surface area contributed by atoms with Gasteiger partial charge in [-0.05, 0) is 37.8 Å². The Bertz CT molecular complexity index is 660. The second-order valence-electron chi connectivity index (χ2n) is 6.76. The predicted molar refractivity (Wildman–Crippen MR) is 95.8 cm³/mol. The maximum atomic E-state index is 5.97. The summed E-state index contributed by atoms with van der Waals surface area (Å²) in [5.41, 5.74) is 1.72. The first kappa shape index (κ1) is 16.8. The molecule has 0 amide bonds. The van der Waals surface area contributed by atoms with E-state index in [1.807, 2.05) is 31.2 Å². The zero-order chi connectivity index (χ0) is 16.9. The Morgan fingerprint density at radius 2 is 2.12 bits per heavy atom. The lowest BCUT2D eigenvalue weighted by atomic mass is 9.87. The molecule has 3 heterocycles. The molecule has 2 aromatic rings. The van der Waals surface area contributed by atoms with Crippen molar-refractivity contribution < 1.29 is 4.74 Å². The summed E-state index contributed by atoms with van der Waals surface area (Å²) in [5, 5.41) is 3.49. The third-order valence-corrected chi connectivity index (χ3v) is 4.46. The highest BCUT2D eigenvalue weighted by Gasteiger charge is 2.28. The zero-order valence-electron chi connectivity index (χ0n) is 14.7. The van der Waals surface area contributed by atoms with Gasteiger partial charge in [-0.3, -0.25) is 4.98 Å². The second kappa shape index (κ2) is 7.71. The van der Waals surface area contributed by atoms with E-state index in [4.69, 9.17) is 4.74 Å². The minimum Gasteiger partial charge on any atom is -0.378 e. The standard InChI is InChI=1S/C19H26N4O/c1-13(2)19-15(7-6-10-24-19)12-21-18-11-17(22-14(3)23-18)16-8-4-5-9-20-16/h4-5,8-9,11,13,15,19H,6-7,10,12H2,1-3H3,(H,21,22,23). The molecule has 2 atom stereocenters. The SMILES string of the molecule is Cc1nc(NCC2CCCOC2C(C)C)cc(-c2ccccn2)n1. The summed E-state index contributed by atoms with van der Waals surface area (Å²) in [5.74, 6) is 2.66. The number of ether oxygens (including phenoxy) is 1. The molecule has 0 spiro atoms. The van der Waals surface area contributed by atoms with Gasteiger partial charge in [-0.25, -0.2) is 9.97 Å². The minimum absolute atomic E-state index is 0.324. The maximum Gasteiger partial charge on any atom is 0.130 e. The number of nitrogens with one attached hydrogen (secondary N) is 1. The van der Waals surface area contributed by atoms with E-state index in [0.717, 1.165) is 42.6 Å². The van der Waals surface area contributed by atoms with Crippen LogP contribution in [-0.2, 0) is 4.74 Å². The lowest BCUT2D eigenvalue weighted by Crippen LogP contribution is -2.37. The Morgan fingerprint density at radius 3 is 2.88 bits per heavy atom. The molecule has 0 aliphatic carbocycles. The van der Waals surface area contributed by atoms with Gasteiger partial charge < -0.3 is 10.1 Å². The van der Waals surface area contributed by atoms with Crippen LogP contribution >= 0.6 is 0 Å². The maximum absolute atomic E-state index is 5.97. The van der Waals surface area contributed by atoms with Gasteiger partial charge in [0.2, 0.25) is 0 Å². The number of anilines is 1. The van der Waals surface area contributed by atoms with Crippen LogP contribution in [0.3, 0.4) is 0 Å². The van der Waals surface area contributed by atoms with E-state index >= 15 is 0 Å². The molecule has 0 saturated carbocycles. The third-order valence-electron chi connectivity index (χ3n) is 4.46. The summed E-state index contributed by atoms with van der Waals surface area (Å²) >= 11 is 0. The Morgan fingerprint density at radius 1 is 1.25 bits per heavy atom. The van der Waals surface area contributed by atoms with E-state index in [0.29, 0.717) is 17.9 Å². The third kappa shape index (κ3) is 4.09. The van der Waals surface area contributed by atoms with Crippen molar-refractivity contribution in [1.82, 2.24) is 15.0 Å². The van der Waals surface area contributed by atoms with Crippen molar-refractivity contribution >= 4 is 5.82 Å². The summed E-state index contributed by atoms with van der Waals surface area (Å²) in [7, 11) is 0. The molecule has 3 rings (SSSR count). The second-order valence-corrected chi connectivity index (χ2v) is 6.76. The van der Waals surface area contributed by atoms with E-state index in [2.05, 4.69) is 34.1 Å². The van der Waals surface area contributed by atoms with Gasteiger partial charge in [0.15, 0.2) is 0 Å². The molecular formula is C19H26N4O. The Kier molecular flexibility index (Phi) is 5.41. The lowest BCUT2D eigenvalue weighted by molar-refractivity contribution is -0.0481. The number of hydrogen-bond donors (Lipinski definition) is 1. The summed E-state index contributed by atoms with van der Waals surface area (Å²) in [6.07, 6.45) is 4.45. The molecule has 5 nitrogen and oxygen atoms in total. The monoisotopic (exact) mass is 326 g/mol. The minimum atomic E-state index is 0.324. The molecule has 1 aliphatic heterocycles. The van der Waals surface area contributed by atoms with Crippen LogP contribution in [0, 0.1) is 18.8 Å². The van der Waals surface area contributed by atoms with Gasteiger partial charge in [0, 0.05) is 31.3 Å². The lowest BCUT2D eigenvalue weighted by Gasteiger charge is -2.34. The van der Waals surface area contributed by atoms with E-state index < -0.39 is 0 Å². The molecule has 0 bridgehead atoms. The highest BCUT2D eigenvalue weighted by atomic mass is 16.5. The van der Waals surface area contributed by atoms with E-state index in [9.17, 15) is 0 Å². The first-order chi connectivity index (χ1) is 11.6. The first-order valence-electron chi connectivity index (χ1n) is 8.76. The summed E-state index contributed by atoms with van der Waals surface area (Å²) < 4.78 is 5.97. The smallest absolute Gasteiger partial charge is 0.130 e. The van der Waals surface area contributed by atoms with E-state index in [1.165, 1.54) is 6.42 Å². The fourth-order valence-corrected chi connectivity index (χ4v) is 3.36. The van der Waals surface area contributed by atoms with Gasteiger partial charge in [-0.1, -0.05) is 19.9 Å². The number of hydrogen-bond acceptors (Lipinski definition) is 5. The number of rotatable bonds is 5. The van der Waals surface area contributed by atoms with Crippen molar-refractivity contribution in [3.05, 3.63) is 36.3 Å². The molecule has 128 valence electrons. The van der Waals surface area contributed by atoms with Gasteiger partial charge in [0.25, 0.3) is 0 Å². The molecule has 2 aromatic heterocycles. The predicted octanol–water partition coefficient (Wildman–Crippen LogP) is 3.71. The van der Waals surface area contributed by atoms with E-state index in [1.54, 1.807) is 6.20 Å². The van der Waals surface area contributed by atoms with Gasteiger partial charge in [-0.15, -0.1) is 0 Å². The first-order valence-corrected chi connectivity index (χ1v) is 8.76. The molecule has 5 heteroatoms. The van der Waals surface area contributed by atoms with Crippen LogP contribution in [0.15, 0.2) is 30.5 Å². The van der Waals surface area contributed by atoms with Crippen molar-refractivity contribution in [2.24, 2.45) is 11.8 Å². The number of nitrogens with zero attached hydrogens (tertiary/aromatic N) is 3. The van der Waals surface area contributed by atoms with Crippen LogP contribution in [0.5, 0.6) is 0 Å². The molecule has 0 aromatic carbocycles. The average Bonchev–Trinajstić information content (AvgIpc) is 2.60. The van der Waals surface area contributed by atoms with Crippen LogP contribution in [-0.4, -0.2) is 34.2 Å². The van der Waals surface area contributed by atoms with Crippen LogP contribution in [0.25, 0.3) is 11.4 Å². The summed E-state index contributed by atoms with van der Waals surface area (Å²) in [6, 6.07) is 7.82. The van der Waals surface area contributed by atoms with Crippen LogP contribution in [0.4, 0.5) is 5.82 Å².